The first-order valence-electron chi connectivity index (χ1n) is 6.27. The standard InChI is InChI=1S/C14H15Cl2NO2/c15-11-1-2-12(13(16)9-11)14(19)10-3-5-17(6-4-10)7-8-18/h1-2,8-10H,3-7H2. The Kier molecular flexibility index (Phi) is 4.97. The third-order valence-electron chi connectivity index (χ3n) is 3.49. The molecule has 1 aliphatic rings. The van der Waals surface area contributed by atoms with Crippen LogP contribution in [0.25, 0.3) is 0 Å². The fourth-order valence-corrected chi connectivity index (χ4v) is 2.89. The van der Waals surface area contributed by atoms with Crippen LogP contribution in [0.2, 0.25) is 10.0 Å². The second-order valence-corrected chi connectivity index (χ2v) is 5.57. The molecule has 2 rings (SSSR count). The Morgan fingerprint density at radius 2 is 2.00 bits per heavy atom. The van der Waals surface area contributed by atoms with E-state index in [0.29, 0.717) is 22.2 Å². The minimum atomic E-state index is -0.0124. The zero-order valence-corrected chi connectivity index (χ0v) is 12.0. The number of hydrogen-bond acceptors (Lipinski definition) is 3. The Morgan fingerprint density at radius 3 is 2.58 bits per heavy atom. The van der Waals surface area contributed by atoms with Gasteiger partial charge in [-0.2, -0.15) is 0 Å². The van der Waals surface area contributed by atoms with Gasteiger partial charge in [-0.15, -0.1) is 0 Å². The van der Waals surface area contributed by atoms with Crippen molar-refractivity contribution in [2.75, 3.05) is 19.6 Å². The van der Waals surface area contributed by atoms with Crippen LogP contribution in [0, 0.1) is 5.92 Å². The summed E-state index contributed by atoms with van der Waals surface area (Å²) in [5.74, 6) is 0.0639. The molecular weight excluding hydrogens is 285 g/mol. The van der Waals surface area contributed by atoms with Crippen molar-refractivity contribution in [3.05, 3.63) is 33.8 Å². The van der Waals surface area contributed by atoms with Crippen LogP contribution in [-0.4, -0.2) is 36.6 Å². The van der Waals surface area contributed by atoms with Gasteiger partial charge < -0.3 is 4.79 Å². The monoisotopic (exact) mass is 299 g/mol. The first-order chi connectivity index (χ1) is 9.11. The number of rotatable bonds is 4. The summed E-state index contributed by atoms with van der Waals surface area (Å²) in [5, 5.41) is 0.940. The molecule has 0 aromatic heterocycles. The first-order valence-corrected chi connectivity index (χ1v) is 7.02. The lowest BCUT2D eigenvalue weighted by Crippen LogP contribution is -2.37. The van der Waals surface area contributed by atoms with Crippen molar-refractivity contribution in [3.8, 4) is 0 Å². The van der Waals surface area contributed by atoms with Crippen molar-refractivity contribution in [3.63, 3.8) is 0 Å². The Labute approximate surface area is 122 Å². The molecule has 0 aliphatic carbocycles. The molecular formula is C14H15Cl2NO2. The molecule has 1 saturated heterocycles. The molecule has 1 fully saturated rings. The highest BCUT2D eigenvalue weighted by Gasteiger charge is 2.26. The van der Waals surface area contributed by atoms with Gasteiger partial charge in [0.05, 0.1) is 11.6 Å². The van der Waals surface area contributed by atoms with Crippen LogP contribution in [0.15, 0.2) is 18.2 Å². The number of hydrogen-bond donors (Lipinski definition) is 0. The first kappa shape index (κ1) is 14.5. The lowest BCUT2D eigenvalue weighted by molar-refractivity contribution is -0.109. The Balaban J connectivity index is 2.03. The molecule has 19 heavy (non-hydrogen) atoms. The van der Waals surface area contributed by atoms with Crippen molar-refractivity contribution in [1.29, 1.82) is 0 Å². The summed E-state index contributed by atoms with van der Waals surface area (Å²) in [6, 6.07) is 4.96. The van der Waals surface area contributed by atoms with E-state index in [1.165, 1.54) is 0 Å². The maximum absolute atomic E-state index is 12.4. The summed E-state index contributed by atoms with van der Waals surface area (Å²) in [6.07, 6.45) is 2.44. The van der Waals surface area contributed by atoms with Gasteiger partial charge in [-0.05, 0) is 44.1 Å². The predicted octanol–water partition coefficient (Wildman–Crippen LogP) is 3.09. The number of ketones is 1. The van der Waals surface area contributed by atoms with Crippen LogP contribution in [0.4, 0.5) is 0 Å². The van der Waals surface area contributed by atoms with Crippen LogP contribution in [0.1, 0.15) is 23.2 Å². The maximum atomic E-state index is 12.4. The van der Waals surface area contributed by atoms with E-state index in [1.807, 2.05) is 0 Å². The number of halogens is 2. The number of carbonyl (C=O) groups is 2. The van der Waals surface area contributed by atoms with Crippen molar-refractivity contribution in [2.45, 2.75) is 12.8 Å². The molecule has 0 bridgehead atoms. The molecule has 1 aromatic rings. The highest BCUT2D eigenvalue weighted by molar-refractivity contribution is 6.36. The Hall–Kier alpha value is -0.900. The Bertz CT molecular complexity index is 482. The number of piperidine rings is 1. The predicted molar refractivity (Wildman–Crippen MR) is 76.0 cm³/mol. The van der Waals surface area contributed by atoms with E-state index in [9.17, 15) is 9.59 Å². The molecule has 0 amide bonds. The smallest absolute Gasteiger partial charge is 0.167 e. The van der Waals surface area contributed by atoms with Crippen molar-refractivity contribution in [2.24, 2.45) is 5.92 Å². The molecule has 1 heterocycles. The number of benzene rings is 1. The molecule has 0 N–H and O–H groups in total. The zero-order chi connectivity index (χ0) is 13.8. The summed E-state index contributed by atoms with van der Waals surface area (Å²) >= 11 is 11.9. The molecule has 0 saturated carbocycles. The minimum Gasteiger partial charge on any atom is -0.302 e. The third-order valence-corrected chi connectivity index (χ3v) is 4.04. The second kappa shape index (κ2) is 6.51. The number of carbonyl (C=O) groups excluding carboxylic acids is 2. The fraction of sp³-hybridized carbons (Fsp3) is 0.429. The van der Waals surface area contributed by atoms with Gasteiger partial charge in [-0.3, -0.25) is 9.69 Å². The zero-order valence-electron chi connectivity index (χ0n) is 10.4. The van der Waals surface area contributed by atoms with Gasteiger partial charge in [0.15, 0.2) is 5.78 Å². The summed E-state index contributed by atoms with van der Waals surface area (Å²) in [6.45, 7) is 2.00. The van der Waals surface area contributed by atoms with E-state index < -0.39 is 0 Å². The van der Waals surface area contributed by atoms with E-state index in [-0.39, 0.29) is 11.7 Å². The van der Waals surface area contributed by atoms with Gasteiger partial charge in [0.2, 0.25) is 0 Å². The highest BCUT2D eigenvalue weighted by Crippen LogP contribution is 2.27. The second-order valence-electron chi connectivity index (χ2n) is 4.73. The van der Waals surface area contributed by atoms with Crippen molar-refractivity contribution in [1.82, 2.24) is 4.90 Å². The fourth-order valence-electron chi connectivity index (χ4n) is 2.39. The average Bonchev–Trinajstić information content (AvgIpc) is 2.39. The van der Waals surface area contributed by atoms with Gasteiger partial charge in [0, 0.05) is 16.5 Å². The molecule has 0 unspecified atom stereocenters. The third kappa shape index (κ3) is 3.56. The number of nitrogens with zero attached hydrogens (tertiary/aromatic N) is 1. The topological polar surface area (TPSA) is 37.4 Å². The molecule has 102 valence electrons. The van der Waals surface area contributed by atoms with Gasteiger partial charge in [0.25, 0.3) is 0 Å². The van der Waals surface area contributed by atoms with Crippen LogP contribution >= 0.6 is 23.2 Å². The Morgan fingerprint density at radius 1 is 1.32 bits per heavy atom. The molecule has 3 nitrogen and oxygen atoms in total. The van der Waals surface area contributed by atoms with Gasteiger partial charge >= 0.3 is 0 Å². The molecule has 5 heteroatoms. The SMILES string of the molecule is O=CCN1CCC(C(=O)c2ccc(Cl)cc2Cl)CC1. The van der Waals surface area contributed by atoms with E-state index >= 15 is 0 Å². The molecule has 0 spiro atoms. The van der Waals surface area contributed by atoms with E-state index in [2.05, 4.69) is 4.90 Å². The van der Waals surface area contributed by atoms with Gasteiger partial charge in [0.1, 0.15) is 6.29 Å². The van der Waals surface area contributed by atoms with E-state index in [0.717, 1.165) is 32.2 Å². The number of aldehydes is 1. The summed E-state index contributed by atoms with van der Waals surface area (Å²) < 4.78 is 0. The lowest BCUT2D eigenvalue weighted by Gasteiger charge is -2.29. The number of likely N-dealkylation sites (tertiary alicyclic amines) is 1. The summed E-state index contributed by atoms with van der Waals surface area (Å²) in [7, 11) is 0. The van der Waals surface area contributed by atoms with E-state index in [1.54, 1.807) is 18.2 Å². The highest BCUT2D eigenvalue weighted by atomic mass is 35.5. The minimum absolute atomic E-state index is 0.0124. The summed E-state index contributed by atoms with van der Waals surface area (Å²) in [5.41, 5.74) is 0.542. The van der Waals surface area contributed by atoms with Gasteiger partial charge in [-0.25, -0.2) is 0 Å². The van der Waals surface area contributed by atoms with Crippen LogP contribution in [0.5, 0.6) is 0 Å². The van der Waals surface area contributed by atoms with Crippen LogP contribution in [0.3, 0.4) is 0 Å². The van der Waals surface area contributed by atoms with Crippen molar-refractivity contribution >= 4 is 35.3 Å². The maximum Gasteiger partial charge on any atom is 0.167 e. The average molecular weight is 300 g/mol. The molecule has 1 aliphatic heterocycles. The van der Waals surface area contributed by atoms with Crippen LogP contribution in [-0.2, 0) is 4.79 Å². The molecule has 0 atom stereocenters. The van der Waals surface area contributed by atoms with Crippen LogP contribution < -0.4 is 0 Å². The lowest BCUT2D eigenvalue weighted by atomic mass is 9.89. The van der Waals surface area contributed by atoms with Gasteiger partial charge in [-0.1, -0.05) is 23.2 Å². The normalized spacial score (nSPS) is 17.4. The van der Waals surface area contributed by atoms with Crippen molar-refractivity contribution < 1.29 is 9.59 Å². The molecule has 0 radical (unpaired) electrons. The largest absolute Gasteiger partial charge is 0.302 e. The molecule has 1 aromatic carbocycles. The van der Waals surface area contributed by atoms with E-state index in [4.69, 9.17) is 23.2 Å². The number of Topliss-reactive ketones (excluding diaryl/α,β-unsaturated/α-hetero) is 1. The quantitative estimate of drug-likeness (QED) is 0.633. The summed E-state index contributed by atoms with van der Waals surface area (Å²) in [4.78, 5) is 24.9.